The highest BCUT2D eigenvalue weighted by molar-refractivity contribution is 8.15. The van der Waals surface area contributed by atoms with E-state index in [-0.39, 0.29) is 27.8 Å². The summed E-state index contributed by atoms with van der Waals surface area (Å²) in [7, 11) is 0. The van der Waals surface area contributed by atoms with E-state index in [2.05, 4.69) is 10.3 Å². The summed E-state index contributed by atoms with van der Waals surface area (Å²) in [6.07, 6.45) is -2.17. The highest BCUT2D eigenvalue weighted by Gasteiger charge is 2.34. The summed E-state index contributed by atoms with van der Waals surface area (Å²) < 4.78 is 45.8. The van der Waals surface area contributed by atoms with Gasteiger partial charge in [0.2, 0.25) is 5.91 Å². The van der Waals surface area contributed by atoms with Crippen LogP contribution in [0.1, 0.15) is 23.6 Å². The van der Waals surface area contributed by atoms with E-state index in [0.717, 1.165) is 29.0 Å². The number of thioether (sulfide) groups is 1. The number of amides is 2. The number of imide groups is 1. The normalized spacial score (nSPS) is 16.6. The highest BCUT2D eigenvalue weighted by atomic mass is 32.2. The van der Waals surface area contributed by atoms with Gasteiger partial charge in [0.15, 0.2) is 0 Å². The molecule has 1 aliphatic heterocycles. The monoisotopic (exact) mass is 446 g/mol. The zero-order chi connectivity index (χ0) is 22.2. The lowest BCUT2D eigenvalue weighted by atomic mass is 10.00. The lowest BCUT2D eigenvalue weighted by Crippen LogP contribution is -2.25. The molecule has 0 spiro atoms. The number of halogens is 3. The van der Waals surface area contributed by atoms with E-state index < -0.39 is 17.0 Å². The first-order valence-electron chi connectivity index (χ1n) is 9.52. The van der Waals surface area contributed by atoms with Crippen molar-refractivity contribution < 1.29 is 27.5 Å². The predicted octanol–water partition coefficient (Wildman–Crippen LogP) is 5.50. The molecular formula is C22H17F3N2O3S. The number of carbonyl (C=O) groups excluding carboxylic acids is 2. The molecule has 0 radical (unpaired) electrons. The molecule has 1 aliphatic rings. The molecule has 4 rings (SSSR count). The molecule has 1 N–H and O–H groups in total. The van der Waals surface area contributed by atoms with Crippen molar-refractivity contribution in [1.29, 1.82) is 0 Å². The number of nitrogens with one attached hydrogen (secondary N) is 1. The van der Waals surface area contributed by atoms with Crippen molar-refractivity contribution in [2.24, 2.45) is 0 Å². The minimum Gasteiger partial charge on any atom is -0.457 e. The standard InChI is InChI=1S/C22H17F3N2O3S/c1-2-12-10-14(7-6-13(12)11-18-20(28)27-21(29)31-18)30-17-8-9-26-19-15(17)4-3-5-16(19)22(23,24)25/h3-10,18H,2,11H2,1H3,(H,27,28,29). The Kier molecular flexibility index (Phi) is 5.62. The summed E-state index contributed by atoms with van der Waals surface area (Å²) >= 11 is 0.970. The SMILES string of the molecule is CCc1cc(Oc2ccnc3c(C(F)(F)F)cccc23)ccc1CC1SC(=O)NC1=O. The van der Waals surface area contributed by atoms with Gasteiger partial charge in [0.25, 0.3) is 5.24 Å². The van der Waals surface area contributed by atoms with Gasteiger partial charge in [-0.25, -0.2) is 0 Å². The van der Waals surface area contributed by atoms with Gasteiger partial charge < -0.3 is 4.74 Å². The summed E-state index contributed by atoms with van der Waals surface area (Å²) in [5.74, 6) is 0.424. The van der Waals surface area contributed by atoms with Gasteiger partial charge in [0, 0.05) is 11.6 Å². The molecule has 0 bridgehead atoms. The van der Waals surface area contributed by atoms with E-state index in [1.165, 1.54) is 24.4 Å². The second kappa shape index (κ2) is 8.22. The third-order valence-corrected chi connectivity index (χ3v) is 5.98. The van der Waals surface area contributed by atoms with Gasteiger partial charge in [-0.2, -0.15) is 13.2 Å². The minimum atomic E-state index is -4.52. The van der Waals surface area contributed by atoms with E-state index in [1.807, 2.05) is 13.0 Å². The Morgan fingerprint density at radius 3 is 2.61 bits per heavy atom. The predicted molar refractivity (Wildman–Crippen MR) is 111 cm³/mol. The number of fused-ring (bicyclic) bond motifs is 1. The molecular weight excluding hydrogens is 429 g/mol. The minimum absolute atomic E-state index is 0.172. The van der Waals surface area contributed by atoms with Crippen molar-refractivity contribution in [3.8, 4) is 11.5 Å². The van der Waals surface area contributed by atoms with Crippen LogP contribution < -0.4 is 10.1 Å². The average molecular weight is 446 g/mol. The molecule has 160 valence electrons. The van der Waals surface area contributed by atoms with Crippen LogP contribution in [0.3, 0.4) is 0 Å². The van der Waals surface area contributed by atoms with Crippen LogP contribution >= 0.6 is 11.8 Å². The second-order valence-corrected chi connectivity index (χ2v) is 8.16. The Morgan fingerprint density at radius 2 is 1.94 bits per heavy atom. The maximum absolute atomic E-state index is 13.3. The van der Waals surface area contributed by atoms with Crippen LogP contribution in [0.15, 0.2) is 48.7 Å². The number of benzene rings is 2. The van der Waals surface area contributed by atoms with E-state index >= 15 is 0 Å². The molecule has 2 aromatic carbocycles. The molecule has 0 aliphatic carbocycles. The van der Waals surface area contributed by atoms with Gasteiger partial charge >= 0.3 is 6.18 Å². The zero-order valence-electron chi connectivity index (χ0n) is 16.3. The van der Waals surface area contributed by atoms with Gasteiger partial charge in [-0.1, -0.05) is 30.8 Å². The van der Waals surface area contributed by atoms with Crippen molar-refractivity contribution >= 4 is 33.8 Å². The molecule has 2 heterocycles. The smallest absolute Gasteiger partial charge is 0.418 e. The molecule has 5 nitrogen and oxygen atoms in total. The molecule has 9 heteroatoms. The van der Waals surface area contributed by atoms with Crippen LogP contribution in [0, 0.1) is 0 Å². The van der Waals surface area contributed by atoms with Crippen molar-refractivity contribution in [2.45, 2.75) is 31.2 Å². The second-order valence-electron chi connectivity index (χ2n) is 6.98. The number of ether oxygens (including phenoxy) is 1. The van der Waals surface area contributed by atoms with Crippen molar-refractivity contribution in [3.05, 3.63) is 65.4 Å². The zero-order valence-corrected chi connectivity index (χ0v) is 17.1. The average Bonchev–Trinajstić information content (AvgIpc) is 3.04. The summed E-state index contributed by atoms with van der Waals surface area (Å²) in [6.45, 7) is 1.95. The number of aryl methyl sites for hydroxylation is 1. The largest absolute Gasteiger partial charge is 0.457 e. The number of aromatic nitrogens is 1. The third-order valence-electron chi connectivity index (χ3n) is 5.00. The van der Waals surface area contributed by atoms with Crippen molar-refractivity contribution in [3.63, 3.8) is 0 Å². The fourth-order valence-electron chi connectivity index (χ4n) is 3.52. The quantitative estimate of drug-likeness (QED) is 0.560. The molecule has 1 aromatic heterocycles. The number of carbonyl (C=O) groups is 2. The summed E-state index contributed by atoms with van der Waals surface area (Å²) in [6, 6.07) is 10.7. The van der Waals surface area contributed by atoms with E-state index in [4.69, 9.17) is 4.74 Å². The highest BCUT2D eigenvalue weighted by Crippen LogP contribution is 2.38. The number of nitrogens with zero attached hydrogens (tertiary/aromatic N) is 1. The number of alkyl halides is 3. The van der Waals surface area contributed by atoms with Gasteiger partial charge in [0.05, 0.1) is 16.3 Å². The molecule has 1 atom stereocenters. The molecule has 1 unspecified atom stereocenters. The number of para-hydroxylation sites is 1. The van der Waals surface area contributed by atoms with Crippen molar-refractivity contribution in [2.75, 3.05) is 0 Å². The molecule has 3 aromatic rings. The topological polar surface area (TPSA) is 68.3 Å². The number of rotatable bonds is 5. The van der Waals surface area contributed by atoms with Crippen LogP contribution in [-0.4, -0.2) is 21.4 Å². The first kappa shape index (κ1) is 21.2. The molecule has 1 fully saturated rings. The fraction of sp³-hybridized carbons (Fsp3) is 0.227. The Labute approximate surface area is 180 Å². The van der Waals surface area contributed by atoms with E-state index in [9.17, 15) is 22.8 Å². The lowest BCUT2D eigenvalue weighted by Gasteiger charge is -2.15. The van der Waals surface area contributed by atoms with Gasteiger partial charge in [0.1, 0.15) is 11.5 Å². The summed E-state index contributed by atoms with van der Waals surface area (Å²) in [5, 5.41) is 1.71. The molecule has 1 saturated heterocycles. The number of hydrogen-bond donors (Lipinski definition) is 1. The maximum Gasteiger partial charge on any atom is 0.418 e. The van der Waals surface area contributed by atoms with Gasteiger partial charge in [-0.3, -0.25) is 19.9 Å². The van der Waals surface area contributed by atoms with Crippen molar-refractivity contribution in [1.82, 2.24) is 10.3 Å². The fourth-order valence-corrected chi connectivity index (χ4v) is 4.36. The van der Waals surface area contributed by atoms with Crippen LogP contribution in [0.25, 0.3) is 10.9 Å². The van der Waals surface area contributed by atoms with Crippen LogP contribution in [0.2, 0.25) is 0 Å². The third kappa shape index (κ3) is 4.36. The lowest BCUT2D eigenvalue weighted by molar-refractivity contribution is -0.136. The Bertz CT molecular complexity index is 1180. The first-order chi connectivity index (χ1) is 14.8. The van der Waals surface area contributed by atoms with Crippen LogP contribution in [-0.2, 0) is 23.8 Å². The molecule has 0 saturated carbocycles. The summed E-state index contributed by atoms with van der Waals surface area (Å²) in [5.41, 5.74) is 0.853. The Balaban J connectivity index is 1.64. The van der Waals surface area contributed by atoms with Crippen LogP contribution in [0.4, 0.5) is 18.0 Å². The Hall–Kier alpha value is -3.07. The van der Waals surface area contributed by atoms with E-state index in [0.29, 0.717) is 18.6 Å². The first-order valence-corrected chi connectivity index (χ1v) is 10.4. The number of hydrogen-bond acceptors (Lipinski definition) is 5. The van der Waals surface area contributed by atoms with Gasteiger partial charge in [-0.05, 0) is 54.3 Å². The summed E-state index contributed by atoms with van der Waals surface area (Å²) in [4.78, 5) is 27.2. The van der Waals surface area contributed by atoms with Gasteiger partial charge in [-0.15, -0.1) is 0 Å². The number of pyridine rings is 1. The molecule has 31 heavy (non-hydrogen) atoms. The Morgan fingerprint density at radius 1 is 1.13 bits per heavy atom. The van der Waals surface area contributed by atoms with E-state index in [1.54, 1.807) is 12.1 Å². The van der Waals surface area contributed by atoms with Crippen LogP contribution in [0.5, 0.6) is 11.5 Å². The molecule has 2 amide bonds. The maximum atomic E-state index is 13.3.